The van der Waals surface area contributed by atoms with Gasteiger partial charge in [0.25, 0.3) is 5.91 Å². The summed E-state index contributed by atoms with van der Waals surface area (Å²) in [5.74, 6) is 1.06. The second-order valence-electron chi connectivity index (χ2n) is 11.1. The maximum absolute atomic E-state index is 12.7. The predicted octanol–water partition coefficient (Wildman–Crippen LogP) is 6.84. The normalized spacial score (nSPS) is 13.7. The Labute approximate surface area is 234 Å². The van der Waals surface area contributed by atoms with Crippen LogP contribution < -0.4 is 21.7 Å². The summed E-state index contributed by atoms with van der Waals surface area (Å²) in [6.07, 6.45) is 6.72. The largest absolute Gasteiger partial charge is 0.365 e. The van der Waals surface area contributed by atoms with Gasteiger partial charge in [-0.1, -0.05) is 43.2 Å². The van der Waals surface area contributed by atoms with Gasteiger partial charge in [-0.3, -0.25) is 4.79 Å². The lowest BCUT2D eigenvalue weighted by molar-refractivity contribution is 0.100. The molecule has 5 N–H and O–H groups in total. The van der Waals surface area contributed by atoms with Gasteiger partial charge in [-0.2, -0.15) is 5.10 Å². The van der Waals surface area contributed by atoms with Crippen molar-refractivity contribution in [3.63, 3.8) is 0 Å². The Kier molecular flexibility index (Phi) is 7.55. The van der Waals surface area contributed by atoms with Gasteiger partial charge in [0.2, 0.25) is 0 Å². The van der Waals surface area contributed by atoms with E-state index in [9.17, 15) is 9.59 Å². The summed E-state index contributed by atoms with van der Waals surface area (Å²) in [7, 11) is 0. The fourth-order valence-electron chi connectivity index (χ4n) is 5.12. The van der Waals surface area contributed by atoms with Gasteiger partial charge < -0.3 is 21.7 Å². The van der Waals surface area contributed by atoms with Crippen LogP contribution in [0.1, 0.15) is 68.3 Å². The number of hydrogen-bond acceptors (Lipinski definition) is 5. The fourth-order valence-corrected chi connectivity index (χ4v) is 5.12. The first-order valence-electron chi connectivity index (χ1n) is 13.6. The second-order valence-corrected chi connectivity index (χ2v) is 11.1. The third-order valence-electron chi connectivity index (χ3n) is 7.09. The molecule has 0 spiro atoms. The molecule has 2 aromatic carbocycles. The van der Waals surface area contributed by atoms with Gasteiger partial charge in [-0.15, -0.1) is 0 Å². The Morgan fingerprint density at radius 1 is 0.900 bits per heavy atom. The van der Waals surface area contributed by atoms with Gasteiger partial charge in [-0.25, -0.2) is 14.5 Å². The van der Waals surface area contributed by atoms with Gasteiger partial charge in [0.1, 0.15) is 22.9 Å². The molecule has 9 nitrogen and oxygen atoms in total. The Bertz CT molecular complexity index is 1480. The maximum Gasteiger partial charge on any atom is 0.323 e. The average molecular weight is 538 g/mol. The molecule has 1 saturated carbocycles. The van der Waals surface area contributed by atoms with Crippen molar-refractivity contribution >= 4 is 34.9 Å². The summed E-state index contributed by atoms with van der Waals surface area (Å²) in [6.45, 7) is 5.98. The highest BCUT2D eigenvalue weighted by Gasteiger charge is 2.29. The van der Waals surface area contributed by atoms with Gasteiger partial charge in [-0.05, 0) is 81.5 Å². The number of urea groups is 1. The Hall–Kier alpha value is -4.66. The molecule has 0 atom stereocenters. The van der Waals surface area contributed by atoms with Crippen molar-refractivity contribution in [2.75, 3.05) is 16.0 Å². The molecule has 1 fully saturated rings. The zero-order chi connectivity index (χ0) is 28.3. The van der Waals surface area contributed by atoms with E-state index in [1.54, 1.807) is 41.2 Å². The highest BCUT2D eigenvalue weighted by atomic mass is 16.2. The lowest BCUT2D eigenvalue weighted by Gasteiger charge is -2.23. The molecule has 1 aliphatic rings. The molecule has 3 amide bonds. The number of primary amides is 1. The number of nitrogens with one attached hydrogen (secondary N) is 3. The summed E-state index contributed by atoms with van der Waals surface area (Å²) in [6, 6.07) is 20.4. The Morgan fingerprint density at radius 3 is 2.08 bits per heavy atom. The van der Waals surface area contributed by atoms with E-state index in [1.165, 1.54) is 31.2 Å². The number of nitrogens with zero attached hydrogens (tertiary/aromatic N) is 3. The summed E-state index contributed by atoms with van der Waals surface area (Å²) in [4.78, 5) is 29.6. The predicted molar refractivity (Wildman–Crippen MR) is 159 cm³/mol. The quantitative estimate of drug-likeness (QED) is 0.205. The highest BCUT2D eigenvalue weighted by Crippen LogP contribution is 2.35. The molecular weight excluding hydrogens is 502 g/mol. The topological polar surface area (TPSA) is 127 Å². The van der Waals surface area contributed by atoms with Crippen molar-refractivity contribution in [3.8, 4) is 11.3 Å². The van der Waals surface area contributed by atoms with E-state index in [1.807, 2.05) is 45.0 Å². The third kappa shape index (κ3) is 5.98. The number of aromatic nitrogens is 3. The minimum atomic E-state index is -0.607. The number of benzene rings is 2. The zero-order valence-corrected chi connectivity index (χ0v) is 23.1. The average Bonchev–Trinajstić information content (AvgIpc) is 3.59. The number of hydrogen-bond donors (Lipinski definition) is 4. The van der Waals surface area contributed by atoms with Crippen LogP contribution in [0.5, 0.6) is 0 Å². The minimum absolute atomic E-state index is 0.264. The molecule has 4 aromatic rings. The van der Waals surface area contributed by atoms with E-state index in [-0.39, 0.29) is 11.6 Å². The van der Waals surface area contributed by atoms with Crippen LogP contribution in [0.25, 0.3) is 11.3 Å². The maximum atomic E-state index is 12.7. The van der Waals surface area contributed by atoms with E-state index in [0.717, 1.165) is 5.69 Å². The first kappa shape index (κ1) is 26.9. The van der Waals surface area contributed by atoms with Crippen molar-refractivity contribution in [1.82, 2.24) is 14.8 Å². The van der Waals surface area contributed by atoms with Crippen molar-refractivity contribution in [2.24, 2.45) is 5.73 Å². The summed E-state index contributed by atoms with van der Waals surface area (Å²) < 4.78 is 1.74. The van der Waals surface area contributed by atoms with E-state index < -0.39 is 11.4 Å². The molecule has 40 heavy (non-hydrogen) atoms. The first-order chi connectivity index (χ1) is 19.2. The molecule has 0 saturated heterocycles. The van der Waals surface area contributed by atoms with Crippen LogP contribution in [0.4, 0.5) is 27.8 Å². The van der Waals surface area contributed by atoms with Crippen LogP contribution in [-0.2, 0) is 5.54 Å². The number of rotatable bonds is 7. The van der Waals surface area contributed by atoms with Crippen molar-refractivity contribution in [3.05, 3.63) is 84.1 Å². The van der Waals surface area contributed by atoms with Crippen LogP contribution in [0.3, 0.4) is 0 Å². The molecule has 0 unspecified atom stereocenters. The van der Waals surface area contributed by atoms with Crippen LogP contribution in [-0.4, -0.2) is 26.7 Å². The number of pyridine rings is 1. The molecule has 2 heterocycles. The number of carbonyl (C=O) groups is 2. The lowest BCUT2D eigenvalue weighted by atomic mass is 9.98. The van der Waals surface area contributed by atoms with Gasteiger partial charge >= 0.3 is 6.03 Å². The summed E-state index contributed by atoms with van der Waals surface area (Å²) in [5, 5.41) is 13.7. The number of amides is 3. The molecule has 9 heteroatoms. The fraction of sp³-hybridized carbons (Fsp3) is 0.290. The van der Waals surface area contributed by atoms with E-state index in [2.05, 4.69) is 33.1 Å². The van der Waals surface area contributed by atoms with Crippen LogP contribution >= 0.6 is 0 Å². The number of carbonyl (C=O) groups excluding carboxylic acids is 2. The molecule has 0 bridgehead atoms. The van der Waals surface area contributed by atoms with Crippen molar-refractivity contribution < 1.29 is 9.59 Å². The van der Waals surface area contributed by atoms with E-state index in [4.69, 9.17) is 10.8 Å². The molecule has 0 aliphatic heterocycles. The van der Waals surface area contributed by atoms with Crippen LogP contribution in [0, 0.1) is 0 Å². The van der Waals surface area contributed by atoms with E-state index >= 15 is 0 Å². The Morgan fingerprint density at radius 2 is 1.52 bits per heavy atom. The minimum Gasteiger partial charge on any atom is -0.365 e. The molecule has 2 aromatic heterocycles. The highest BCUT2D eigenvalue weighted by molar-refractivity contribution is 6.04. The monoisotopic (exact) mass is 537 g/mol. The first-order valence-corrected chi connectivity index (χ1v) is 13.6. The van der Waals surface area contributed by atoms with E-state index in [0.29, 0.717) is 34.5 Å². The van der Waals surface area contributed by atoms with Crippen LogP contribution in [0.2, 0.25) is 0 Å². The number of nitrogens with two attached hydrogens (primary N) is 1. The van der Waals surface area contributed by atoms with Crippen molar-refractivity contribution in [1.29, 1.82) is 0 Å². The standard InChI is InChI=1S/C31H35N7O2/c1-31(2,3)38-29(36-25-10-6-7-19-33-25)26(28(32)39)27(37-38)22-13-17-24(18-14-22)35-30(40)34-23-15-11-21(12-16-23)20-8-4-5-9-20/h6-7,10-20H,4-5,8-9H2,1-3H3,(H2,32,39)(H,33,36)(H2,34,35,40). The SMILES string of the molecule is CC(C)(C)n1nc(-c2ccc(NC(=O)Nc3ccc(C4CCCC4)cc3)cc2)c(C(N)=O)c1Nc1ccccn1. The Balaban J connectivity index is 1.34. The van der Waals surface area contributed by atoms with Crippen LogP contribution in [0.15, 0.2) is 72.9 Å². The summed E-state index contributed by atoms with van der Waals surface area (Å²) >= 11 is 0. The molecular formula is C31H35N7O2. The molecule has 5 rings (SSSR count). The lowest BCUT2D eigenvalue weighted by Crippen LogP contribution is -2.25. The van der Waals surface area contributed by atoms with Crippen molar-refractivity contribution in [2.45, 2.75) is 57.9 Å². The smallest absolute Gasteiger partial charge is 0.323 e. The second kappa shape index (κ2) is 11.2. The molecule has 206 valence electrons. The van der Waals surface area contributed by atoms with Gasteiger partial charge in [0.05, 0.1) is 5.54 Å². The molecule has 1 aliphatic carbocycles. The van der Waals surface area contributed by atoms with Gasteiger partial charge in [0.15, 0.2) is 0 Å². The molecule has 0 radical (unpaired) electrons. The summed E-state index contributed by atoms with van der Waals surface area (Å²) in [5.41, 5.74) is 9.48. The zero-order valence-electron chi connectivity index (χ0n) is 23.1. The van der Waals surface area contributed by atoms with Gasteiger partial charge in [0, 0.05) is 23.1 Å². The third-order valence-corrected chi connectivity index (χ3v) is 7.09. The number of anilines is 4.